The van der Waals surface area contributed by atoms with E-state index in [4.69, 9.17) is 20.9 Å². The summed E-state index contributed by atoms with van der Waals surface area (Å²) in [4.78, 5) is 15.1. The van der Waals surface area contributed by atoms with E-state index in [9.17, 15) is 9.90 Å². The van der Waals surface area contributed by atoms with Gasteiger partial charge in [0, 0.05) is 16.9 Å². The summed E-state index contributed by atoms with van der Waals surface area (Å²) >= 11 is 0. The Morgan fingerprint density at radius 3 is 2.48 bits per heavy atom. The number of allylic oxidation sites excluding steroid dienone is 1. The zero-order chi connectivity index (χ0) is 33.0. The third kappa shape index (κ3) is 4.37. The lowest BCUT2D eigenvalue weighted by molar-refractivity contribution is -0.252. The van der Waals surface area contributed by atoms with Crippen LogP contribution >= 0.6 is 0 Å². The lowest BCUT2D eigenvalue weighted by Crippen LogP contribution is -2.69. The van der Waals surface area contributed by atoms with Crippen molar-refractivity contribution in [3.8, 4) is 0 Å². The van der Waals surface area contributed by atoms with Crippen LogP contribution in [0.4, 0.5) is 5.95 Å². The molecule has 12 atom stereocenters. The van der Waals surface area contributed by atoms with E-state index in [-0.39, 0.29) is 51.2 Å². The molecule has 4 saturated carbocycles. The van der Waals surface area contributed by atoms with Crippen LogP contribution in [-0.2, 0) is 14.3 Å². The largest absolute Gasteiger partial charge is 0.481 e. The number of hydrogen-bond donors (Lipinski definition) is 3. The molecule has 1 aliphatic heterocycles. The zero-order valence-corrected chi connectivity index (χ0v) is 29.2. The second-order valence-corrected chi connectivity index (χ2v) is 17.8. The summed E-state index contributed by atoms with van der Waals surface area (Å²) in [6.07, 6.45) is 10.3. The summed E-state index contributed by atoms with van der Waals surface area (Å²) in [6.45, 7) is 17.9. The highest BCUT2D eigenvalue weighted by atomic mass is 16.5. The number of hydrogen-bond acceptors (Lipinski definition) is 8. The Morgan fingerprint density at radius 1 is 1.11 bits per heavy atom. The number of aliphatic carboxylic acids is 1. The monoisotopic (exact) mass is 638 g/mol. The van der Waals surface area contributed by atoms with Gasteiger partial charge in [0.1, 0.15) is 6.04 Å². The Kier molecular flexibility index (Phi) is 7.58. The smallest absolute Gasteiger partial charge is 0.307 e. The number of carboxylic acid groups (broad SMARTS) is 1. The minimum Gasteiger partial charge on any atom is -0.481 e. The molecule has 6 aliphatic rings. The van der Waals surface area contributed by atoms with Gasteiger partial charge in [-0.1, -0.05) is 65.2 Å². The van der Waals surface area contributed by atoms with Crippen molar-refractivity contribution < 1.29 is 19.4 Å². The summed E-state index contributed by atoms with van der Waals surface area (Å²) in [6, 6.07) is -0.128. The maximum absolute atomic E-state index is 13.4. The molecule has 1 unspecified atom stereocenters. The Labute approximate surface area is 274 Å². The average molecular weight is 639 g/mol. The molecule has 1 aromatic rings. The molecule has 1 aromatic heterocycles. The Balaban J connectivity index is 1.30. The standard InChI is InChI=1S/C36H58N6O4/c1-20(2)21(3)32(4)14-15-34(6)23-10-11-27-33(5)18-45-19-36(27,24(23)12-13-35(34,7)28(32)30(43)44)16-26(42-40-31(38)39-41-42)29(33)46-17-25(37)22-8-9-22/h12,20-23,25-29H,8-11,13-19,37H2,1-7H3,(H2,38,40)(H,43,44)/t21-,23+,25-,26-,27+,28-,29+,32-,33+,34-,35+,36?/m1/s1. The lowest BCUT2D eigenvalue weighted by atomic mass is 9.34. The van der Waals surface area contributed by atoms with Crippen LogP contribution in [0.25, 0.3) is 0 Å². The maximum atomic E-state index is 13.4. The van der Waals surface area contributed by atoms with Gasteiger partial charge in [-0.3, -0.25) is 4.79 Å². The molecule has 0 amide bonds. The topological polar surface area (TPSA) is 151 Å². The van der Waals surface area contributed by atoms with E-state index in [1.807, 2.05) is 0 Å². The molecule has 1 saturated heterocycles. The number of anilines is 1. The van der Waals surface area contributed by atoms with Crippen molar-refractivity contribution in [2.45, 2.75) is 118 Å². The third-order valence-corrected chi connectivity index (χ3v) is 15.5. The van der Waals surface area contributed by atoms with Gasteiger partial charge in [-0.05, 0) is 102 Å². The van der Waals surface area contributed by atoms with E-state index in [0.29, 0.717) is 49.4 Å². The first-order valence-corrected chi connectivity index (χ1v) is 18.1. The number of ether oxygens (including phenoxy) is 2. The number of carboxylic acids is 1. The molecular weight excluding hydrogens is 580 g/mol. The van der Waals surface area contributed by atoms with Crippen molar-refractivity contribution in [3.05, 3.63) is 11.6 Å². The molecule has 5 fully saturated rings. The van der Waals surface area contributed by atoms with E-state index in [1.165, 1.54) is 18.4 Å². The minimum atomic E-state index is -0.627. The first-order valence-electron chi connectivity index (χ1n) is 18.1. The summed E-state index contributed by atoms with van der Waals surface area (Å²) in [5.41, 5.74) is 12.9. The van der Waals surface area contributed by atoms with Gasteiger partial charge in [-0.15, -0.1) is 5.10 Å². The summed E-state index contributed by atoms with van der Waals surface area (Å²) in [5, 5.41) is 24.1. The molecular formula is C36H58N6O4. The Hall–Kier alpha value is -2.04. The van der Waals surface area contributed by atoms with Gasteiger partial charge in [-0.25, -0.2) is 0 Å². The van der Waals surface area contributed by atoms with Gasteiger partial charge in [0.25, 0.3) is 5.95 Å². The average Bonchev–Trinajstić information content (AvgIpc) is 3.76. The van der Waals surface area contributed by atoms with E-state index < -0.39 is 11.9 Å². The van der Waals surface area contributed by atoms with Gasteiger partial charge >= 0.3 is 5.97 Å². The van der Waals surface area contributed by atoms with Gasteiger partial charge in [0.15, 0.2) is 0 Å². The first kappa shape index (κ1) is 32.5. The first-order chi connectivity index (χ1) is 21.6. The van der Waals surface area contributed by atoms with Crippen LogP contribution in [0, 0.1) is 62.6 Å². The number of nitrogens with two attached hydrogens (primary N) is 2. The molecule has 7 rings (SSSR count). The number of aromatic nitrogens is 4. The number of nitrogen functional groups attached to an aromatic ring is 1. The van der Waals surface area contributed by atoms with Crippen LogP contribution in [0.1, 0.15) is 106 Å². The molecule has 5 aliphatic carbocycles. The van der Waals surface area contributed by atoms with Gasteiger partial charge < -0.3 is 26.0 Å². The Bertz CT molecular complexity index is 1390. The molecule has 10 nitrogen and oxygen atoms in total. The number of carbonyl (C=O) groups is 1. The van der Waals surface area contributed by atoms with E-state index in [1.54, 1.807) is 4.80 Å². The van der Waals surface area contributed by atoms with Gasteiger partial charge in [0.05, 0.1) is 31.8 Å². The minimum absolute atomic E-state index is 0.0289. The van der Waals surface area contributed by atoms with Crippen LogP contribution in [0.3, 0.4) is 0 Å². The molecule has 46 heavy (non-hydrogen) atoms. The van der Waals surface area contributed by atoms with Crippen LogP contribution in [0.15, 0.2) is 11.6 Å². The molecule has 2 heterocycles. The zero-order valence-electron chi connectivity index (χ0n) is 29.2. The van der Waals surface area contributed by atoms with Gasteiger partial charge in [-0.2, -0.15) is 4.80 Å². The molecule has 0 radical (unpaired) electrons. The highest BCUT2D eigenvalue weighted by molar-refractivity contribution is 5.73. The van der Waals surface area contributed by atoms with E-state index in [0.717, 1.165) is 38.5 Å². The fraction of sp³-hybridized carbons (Fsp3) is 0.889. The normalized spacial score (nSPS) is 46.5. The number of rotatable bonds is 8. The predicted molar refractivity (Wildman–Crippen MR) is 175 cm³/mol. The van der Waals surface area contributed by atoms with Crippen LogP contribution < -0.4 is 11.5 Å². The van der Waals surface area contributed by atoms with Crippen molar-refractivity contribution >= 4 is 11.9 Å². The fourth-order valence-electron chi connectivity index (χ4n) is 12.4. The molecule has 10 heteroatoms. The predicted octanol–water partition coefficient (Wildman–Crippen LogP) is 5.51. The van der Waals surface area contributed by atoms with Gasteiger partial charge in [0.2, 0.25) is 0 Å². The SMILES string of the molecule is CC(C)[C@@H](C)[C@@]1(C)CC[C@]2(C)[C@H]3CC[C@@H]4C5(COC[C@]4(C)[C@@H](OC[C@@H](N)C4CC4)[C@H](n4nnc(N)n4)C5)C3=CC[C@@]2(C)[C@@H]1C(=O)O. The molecule has 0 spiro atoms. The Morgan fingerprint density at radius 2 is 1.85 bits per heavy atom. The third-order valence-electron chi connectivity index (χ3n) is 15.5. The second-order valence-electron chi connectivity index (χ2n) is 17.8. The number of nitrogens with zero attached hydrogens (tertiary/aromatic N) is 4. The van der Waals surface area contributed by atoms with Crippen molar-refractivity contribution in [2.75, 3.05) is 25.6 Å². The summed E-state index contributed by atoms with van der Waals surface area (Å²) in [5.74, 6) is 1.08. The summed E-state index contributed by atoms with van der Waals surface area (Å²) in [7, 11) is 0. The van der Waals surface area contributed by atoms with E-state index in [2.05, 4.69) is 70.0 Å². The number of fused-ring (bicyclic) bond motifs is 3. The van der Waals surface area contributed by atoms with Crippen molar-refractivity contribution in [2.24, 2.45) is 68.3 Å². The van der Waals surface area contributed by atoms with Crippen molar-refractivity contribution in [1.29, 1.82) is 0 Å². The molecule has 5 N–H and O–H groups in total. The van der Waals surface area contributed by atoms with E-state index >= 15 is 0 Å². The quantitative estimate of drug-likeness (QED) is 0.313. The van der Waals surface area contributed by atoms with Crippen molar-refractivity contribution in [3.63, 3.8) is 0 Å². The lowest BCUT2D eigenvalue weighted by Gasteiger charge is -2.71. The highest BCUT2D eigenvalue weighted by Gasteiger charge is 2.72. The van der Waals surface area contributed by atoms with Crippen LogP contribution in [0.5, 0.6) is 0 Å². The second kappa shape index (κ2) is 10.7. The summed E-state index contributed by atoms with van der Waals surface area (Å²) < 4.78 is 13.5. The van der Waals surface area contributed by atoms with Crippen LogP contribution in [-0.4, -0.2) is 63.2 Å². The molecule has 0 aromatic carbocycles. The molecule has 256 valence electrons. The molecule has 2 bridgehead atoms. The highest BCUT2D eigenvalue weighted by Crippen LogP contribution is 2.75. The maximum Gasteiger partial charge on any atom is 0.307 e. The number of tetrazole rings is 1. The van der Waals surface area contributed by atoms with Crippen molar-refractivity contribution in [1.82, 2.24) is 20.2 Å². The van der Waals surface area contributed by atoms with Crippen LogP contribution in [0.2, 0.25) is 0 Å². The fourth-order valence-corrected chi connectivity index (χ4v) is 12.4.